The lowest BCUT2D eigenvalue weighted by Gasteiger charge is -2.17. The zero-order valence-electron chi connectivity index (χ0n) is 11.9. The quantitative estimate of drug-likeness (QED) is 0.925. The maximum atomic E-state index is 5.42. The molecule has 1 aromatic carbocycles. The standard InChI is InChI=1S/C16H18N2O2/c1-10-4-6-14(12(3)17-10)18-11(2)13-5-7-15-16(8-13)20-9-19-15/h4-8,11,18H,9H2,1-3H3. The van der Waals surface area contributed by atoms with E-state index in [1.165, 1.54) is 0 Å². The van der Waals surface area contributed by atoms with Crippen molar-refractivity contribution >= 4 is 5.69 Å². The third-order valence-corrected chi connectivity index (χ3v) is 3.49. The van der Waals surface area contributed by atoms with Crippen LogP contribution in [0.5, 0.6) is 11.5 Å². The Morgan fingerprint density at radius 2 is 1.90 bits per heavy atom. The molecule has 0 amide bonds. The average Bonchev–Trinajstić information content (AvgIpc) is 2.89. The van der Waals surface area contributed by atoms with Crippen molar-refractivity contribution in [2.45, 2.75) is 26.8 Å². The van der Waals surface area contributed by atoms with Crippen molar-refractivity contribution in [1.82, 2.24) is 4.98 Å². The molecule has 3 rings (SSSR count). The predicted octanol–water partition coefficient (Wildman–Crippen LogP) is 3.60. The monoisotopic (exact) mass is 270 g/mol. The summed E-state index contributed by atoms with van der Waals surface area (Å²) in [4.78, 5) is 4.47. The van der Waals surface area contributed by atoms with Gasteiger partial charge in [-0.1, -0.05) is 6.07 Å². The fourth-order valence-electron chi connectivity index (χ4n) is 2.34. The van der Waals surface area contributed by atoms with Crippen molar-refractivity contribution < 1.29 is 9.47 Å². The van der Waals surface area contributed by atoms with Crippen molar-refractivity contribution in [1.29, 1.82) is 0 Å². The first-order chi connectivity index (χ1) is 9.63. The summed E-state index contributed by atoms with van der Waals surface area (Å²) in [6.07, 6.45) is 0. The van der Waals surface area contributed by atoms with Crippen LogP contribution < -0.4 is 14.8 Å². The molecule has 4 nitrogen and oxygen atoms in total. The SMILES string of the molecule is Cc1ccc(NC(C)c2ccc3c(c2)OCO3)c(C)n1. The van der Waals surface area contributed by atoms with E-state index in [2.05, 4.69) is 29.4 Å². The fraction of sp³-hybridized carbons (Fsp3) is 0.312. The molecule has 1 atom stereocenters. The summed E-state index contributed by atoms with van der Waals surface area (Å²) in [5.74, 6) is 1.63. The molecule has 1 aliphatic rings. The molecular weight excluding hydrogens is 252 g/mol. The number of fused-ring (bicyclic) bond motifs is 1. The molecule has 0 saturated heterocycles. The lowest BCUT2D eigenvalue weighted by atomic mass is 10.1. The van der Waals surface area contributed by atoms with Crippen LogP contribution in [0.4, 0.5) is 5.69 Å². The normalized spacial score (nSPS) is 14.2. The maximum absolute atomic E-state index is 5.42. The molecule has 1 N–H and O–H groups in total. The van der Waals surface area contributed by atoms with Gasteiger partial charge in [0.25, 0.3) is 0 Å². The molecule has 2 heterocycles. The first kappa shape index (κ1) is 12.8. The number of ether oxygens (including phenoxy) is 2. The molecule has 4 heteroatoms. The second-order valence-electron chi connectivity index (χ2n) is 5.06. The first-order valence-electron chi connectivity index (χ1n) is 6.74. The van der Waals surface area contributed by atoms with Gasteiger partial charge in [-0.2, -0.15) is 0 Å². The van der Waals surface area contributed by atoms with Gasteiger partial charge in [0.15, 0.2) is 11.5 Å². The molecular formula is C16H18N2O2. The van der Waals surface area contributed by atoms with Crippen LogP contribution >= 0.6 is 0 Å². The van der Waals surface area contributed by atoms with Gasteiger partial charge >= 0.3 is 0 Å². The maximum Gasteiger partial charge on any atom is 0.231 e. The third-order valence-electron chi connectivity index (χ3n) is 3.49. The Morgan fingerprint density at radius 3 is 2.70 bits per heavy atom. The smallest absolute Gasteiger partial charge is 0.231 e. The van der Waals surface area contributed by atoms with Crippen molar-refractivity contribution in [2.24, 2.45) is 0 Å². The van der Waals surface area contributed by atoms with Crippen molar-refractivity contribution in [3.05, 3.63) is 47.3 Å². The predicted molar refractivity (Wildman–Crippen MR) is 78.3 cm³/mol. The number of benzene rings is 1. The summed E-state index contributed by atoms with van der Waals surface area (Å²) < 4.78 is 10.7. The molecule has 0 saturated carbocycles. The summed E-state index contributed by atoms with van der Waals surface area (Å²) in [6.45, 7) is 6.44. The Balaban J connectivity index is 1.80. The highest BCUT2D eigenvalue weighted by molar-refractivity contribution is 5.51. The van der Waals surface area contributed by atoms with E-state index in [1.807, 2.05) is 32.0 Å². The number of aryl methyl sites for hydroxylation is 2. The van der Waals surface area contributed by atoms with Gasteiger partial charge in [-0.3, -0.25) is 4.98 Å². The van der Waals surface area contributed by atoms with Gasteiger partial charge in [-0.15, -0.1) is 0 Å². The van der Waals surface area contributed by atoms with Gasteiger partial charge in [0.1, 0.15) is 0 Å². The molecule has 20 heavy (non-hydrogen) atoms. The summed E-state index contributed by atoms with van der Waals surface area (Å²) in [5, 5.41) is 3.49. The number of rotatable bonds is 3. The van der Waals surface area contributed by atoms with Crippen LogP contribution in [0, 0.1) is 13.8 Å². The molecule has 0 spiro atoms. The molecule has 1 aliphatic heterocycles. The number of nitrogens with zero attached hydrogens (tertiary/aromatic N) is 1. The minimum absolute atomic E-state index is 0.174. The van der Waals surface area contributed by atoms with Crippen LogP contribution in [0.3, 0.4) is 0 Å². The Kier molecular flexibility index (Phi) is 3.22. The van der Waals surface area contributed by atoms with Crippen LogP contribution in [0.25, 0.3) is 0 Å². The van der Waals surface area contributed by atoms with E-state index >= 15 is 0 Å². The summed E-state index contributed by atoms with van der Waals surface area (Å²) in [5.41, 5.74) is 4.26. The van der Waals surface area contributed by atoms with Crippen LogP contribution in [0.1, 0.15) is 29.9 Å². The summed E-state index contributed by atoms with van der Waals surface area (Å²) in [7, 11) is 0. The second kappa shape index (κ2) is 5.04. The van der Waals surface area contributed by atoms with Crippen molar-refractivity contribution in [3.8, 4) is 11.5 Å². The molecule has 1 aromatic heterocycles. The van der Waals surface area contributed by atoms with E-state index in [1.54, 1.807) is 0 Å². The van der Waals surface area contributed by atoms with E-state index in [4.69, 9.17) is 9.47 Å². The third kappa shape index (κ3) is 2.41. The highest BCUT2D eigenvalue weighted by Gasteiger charge is 2.16. The van der Waals surface area contributed by atoms with E-state index in [0.717, 1.165) is 34.1 Å². The molecule has 1 unspecified atom stereocenters. The summed E-state index contributed by atoms with van der Waals surface area (Å²) >= 11 is 0. The molecule has 2 aromatic rings. The molecule has 0 aliphatic carbocycles. The van der Waals surface area contributed by atoms with Crippen LogP contribution in [0.2, 0.25) is 0 Å². The number of anilines is 1. The Bertz CT molecular complexity index is 640. The average molecular weight is 270 g/mol. The van der Waals surface area contributed by atoms with Crippen molar-refractivity contribution in [2.75, 3.05) is 12.1 Å². The van der Waals surface area contributed by atoms with E-state index in [0.29, 0.717) is 6.79 Å². The summed E-state index contributed by atoms with van der Waals surface area (Å²) in [6, 6.07) is 10.3. The molecule has 0 fully saturated rings. The van der Waals surface area contributed by atoms with Gasteiger partial charge in [-0.05, 0) is 50.6 Å². The minimum Gasteiger partial charge on any atom is -0.454 e. The van der Waals surface area contributed by atoms with E-state index in [9.17, 15) is 0 Å². The second-order valence-corrected chi connectivity index (χ2v) is 5.06. The minimum atomic E-state index is 0.174. The highest BCUT2D eigenvalue weighted by atomic mass is 16.7. The number of nitrogens with one attached hydrogen (secondary N) is 1. The Labute approximate surface area is 118 Å². The first-order valence-corrected chi connectivity index (χ1v) is 6.74. The number of hydrogen-bond donors (Lipinski definition) is 1. The van der Waals surface area contributed by atoms with Gasteiger partial charge in [0, 0.05) is 11.7 Å². The lowest BCUT2D eigenvalue weighted by Crippen LogP contribution is -2.08. The van der Waals surface area contributed by atoms with Gasteiger partial charge in [-0.25, -0.2) is 0 Å². The lowest BCUT2D eigenvalue weighted by molar-refractivity contribution is 0.174. The molecule has 0 bridgehead atoms. The Hall–Kier alpha value is -2.23. The van der Waals surface area contributed by atoms with Gasteiger partial charge in [0.2, 0.25) is 6.79 Å². The topological polar surface area (TPSA) is 43.4 Å². The number of hydrogen-bond acceptors (Lipinski definition) is 4. The molecule has 0 radical (unpaired) electrons. The van der Waals surface area contributed by atoms with Crippen molar-refractivity contribution in [3.63, 3.8) is 0 Å². The molecule has 104 valence electrons. The zero-order chi connectivity index (χ0) is 14.1. The van der Waals surface area contributed by atoms with E-state index < -0.39 is 0 Å². The van der Waals surface area contributed by atoms with Crippen LogP contribution in [-0.4, -0.2) is 11.8 Å². The van der Waals surface area contributed by atoms with E-state index in [-0.39, 0.29) is 6.04 Å². The number of pyridine rings is 1. The number of aromatic nitrogens is 1. The Morgan fingerprint density at radius 1 is 1.10 bits per heavy atom. The largest absolute Gasteiger partial charge is 0.454 e. The fourth-order valence-corrected chi connectivity index (χ4v) is 2.34. The van der Waals surface area contributed by atoms with Crippen LogP contribution in [-0.2, 0) is 0 Å². The van der Waals surface area contributed by atoms with Crippen LogP contribution in [0.15, 0.2) is 30.3 Å². The highest BCUT2D eigenvalue weighted by Crippen LogP contribution is 2.34. The van der Waals surface area contributed by atoms with Gasteiger partial charge in [0.05, 0.1) is 11.4 Å². The van der Waals surface area contributed by atoms with Gasteiger partial charge < -0.3 is 14.8 Å². The zero-order valence-corrected chi connectivity index (χ0v) is 11.9.